The lowest BCUT2D eigenvalue weighted by Gasteiger charge is -2.40. The lowest BCUT2D eigenvalue weighted by Crippen LogP contribution is -2.59. The minimum absolute atomic E-state index is 0.207. The van der Waals surface area contributed by atoms with E-state index in [9.17, 15) is 30.6 Å². The van der Waals surface area contributed by atoms with Crippen LogP contribution in [-0.2, 0) is 15.9 Å². The van der Waals surface area contributed by atoms with Crippen LogP contribution in [0.25, 0.3) is 0 Å². The third kappa shape index (κ3) is 25.2. The number of aliphatic hydroxyl groups is 6. The van der Waals surface area contributed by atoms with E-state index in [1.165, 1.54) is 184 Å². The zero-order chi connectivity index (χ0) is 43.5. The van der Waals surface area contributed by atoms with E-state index in [0.29, 0.717) is 6.42 Å². The van der Waals surface area contributed by atoms with Crippen molar-refractivity contribution >= 4 is 0 Å². The first-order valence-corrected chi connectivity index (χ1v) is 25.5. The van der Waals surface area contributed by atoms with Crippen LogP contribution in [0.5, 0.6) is 0 Å². The first-order valence-electron chi connectivity index (χ1n) is 25.5. The Morgan fingerprint density at radius 3 is 1.38 bits per heavy atom. The van der Waals surface area contributed by atoms with E-state index < -0.39 is 55.6 Å². The van der Waals surface area contributed by atoms with Crippen LogP contribution in [0.3, 0.4) is 0 Å². The number of unbranched alkanes of at least 4 members (excludes halogenated alkanes) is 31. The third-order valence-corrected chi connectivity index (χ3v) is 12.9. The Bertz CT molecular complexity index is 1080. The summed E-state index contributed by atoms with van der Waals surface area (Å²) in [5.41, 5.74) is 0.799. The van der Waals surface area contributed by atoms with Gasteiger partial charge in [0.15, 0.2) is 6.29 Å². The van der Waals surface area contributed by atoms with Gasteiger partial charge in [-0.25, -0.2) is 4.68 Å². The van der Waals surface area contributed by atoms with E-state index in [2.05, 4.69) is 24.2 Å². The largest absolute Gasteiger partial charge is 0.394 e. The molecule has 1 aliphatic rings. The predicted molar refractivity (Wildman–Crippen MR) is 243 cm³/mol. The molecule has 0 amide bonds. The standard InChI is InChI=1S/C49H95N3O8/c1-3-5-7-9-11-13-15-17-18-19-20-21-22-23-24-25-26-28-30-32-34-36-41-38-52(51-50-41)42(40-59-49-48(58)47(57)46(56)44(39-53)60-49)45(55)43(54)37-35-33-31-29-27-16-14-12-10-8-6-4-2/h38,42-49,53-58H,3-37,39-40H2,1-2H3/t42-,43+,44?,45-,46-,47-,48+,49-/m0/s1. The Balaban J connectivity index is 1.67. The Morgan fingerprint density at radius 1 is 0.567 bits per heavy atom. The summed E-state index contributed by atoms with van der Waals surface area (Å²) in [6, 6.07) is -0.842. The van der Waals surface area contributed by atoms with Gasteiger partial charge in [-0.15, -0.1) is 5.10 Å². The van der Waals surface area contributed by atoms with Crippen molar-refractivity contribution < 1.29 is 40.1 Å². The van der Waals surface area contributed by atoms with Crippen LogP contribution in [0.1, 0.15) is 244 Å². The van der Waals surface area contributed by atoms with E-state index in [4.69, 9.17) is 9.47 Å². The van der Waals surface area contributed by atoms with Crippen LogP contribution in [0, 0.1) is 0 Å². The van der Waals surface area contributed by atoms with E-state index in [0.717, 1.165) is 44.2 Å². The Labute approximate surface area is 366 Å². The quantitative estimate of drug-likeness (QED) is 0.0348. The zero-order valence-corrected chi connectivity index (χ0v) is 38.7. The number of rotatable bonds is 42. The van der Waals surface area contributed by atoms with Crippen LogP contribution < -0.4 is 0 Å². The summed E-state index contributed by atoms with van der Waals surface area (Å²) in [4.78, 5) is 0. The summed E-state index contributed by atoms with van der Waals surface area (Å²) < 4.78 is 12.9. The van der Waals surface area contributed by atoms with Gasteiger partial charge in [0, 0.05) is 6.20 Å². The number of hydrogen-bond donors (Lipinski definition) is 6. The van der Waals surface area contributed by atoms with Crippen molar-refractivity contribution in [3.8, 4) is 0 Å². The second kappa shape index (κ2) is 37.2. The van der Waals surface area contributed by atoms with Crippen LogP contribution in [0.15, 0.2) is 6.20 Å². The highest BCUT2D eigenvalue weighted by Gasteiger charge is 2.44. The minimum Gasteiger partial charge on any atom is -0.394 e. The van der Waals surface area contributed by atoms with Gasteiger partial charge >= 0.3 is 0 Å². The van der Waals surface area contributed by atoms with Crippen LogP contribution in [-0.4, -0.2) is 102 Å². The number of aromatic nitrogens is 3. The Kier molecular flexibility index (Phi) is 34.1. The third-order valence-electron chi connectivity index (χ3n) is 12.9. The monoisotopic (exact) mass is 854 g/mol. The molecule has 2 heterocycles. The van der Waals surface area contributed by atoms with Gasteiger partial charge in [0.1, 0.15) is 36.6 Å². The molecular formula is C49H95N3O8. The molecule has 0 saturated carbocycles. The average molecular weight is 854 g/mol. The maximum atomic E-state index is 11.4. The molecule has 354 valence electrons. The van der Waals surface area contributed by atoms with Gasteiger partial charge in [0.05, 0.1) is 25.0 Å². The minimum atomic E-state index is -1.58. The highest BCUT2D eigenvalue weighted by Crippen LogP contribution is 2.26. The van der Waals surface area contributed by atoms with Crippen molar-refractivity contribution in [2.45, 2.75) is 288 Å². The average Bonchev–Trinajstić information content (AvgIpc) is 3.72. The van der Waals surface area contributed by atoms with Gasteiger partial charge in [-0.3, -0.25) is 0 Å². The summed E-state index contributed by atoms with van der Waals surface area (Å²) in [5, 5.41) is 71.8. The summed E-state index contributed by atoms with van der Waals surface area (Å²) in [7, 11) is 0. The van der Waals surface area contributed by atoms with Gasteiger partial charge in [-0.1, -0.05) is 225 Å². The summed E-state index contributed by atoms with van der Waals surface area (Å²) in [6.07, 6.45) is 36.4. The molecule has 1 aromatic rings. The van der Waals surface area contributed by atoms with Crippen LogP contribution in [0.4, 0.5) is 0 Å². The van der Waals surface area contributed by atoms with E-state index in [-0.39, 0.29) is 6.61 Å². The zero-order valence-electron chi connectivity index (χ0n) is 38.7. The molecule has 1 fully saturated rings. The Morgan fingerprint density at radius 2 is 0.967 bits per heavy atom. The molecule has 0 radical (unpaired) electrons. The molecule has 0 aromatic carbocycles. The molecule has 1 aliphatic heterocycles. The first-order chi connectivity index (χ1) is 29.3. The van der Waals surface area contributed by atoms with Crippen molar-refractivity contribution in [1.29, 1.82) is 0 Å². The molecule has 0 bridgehead atoms. The molecule has 11 nitrogen and oxygen atoms in total. The maximum absolute atomic E-state index is 11.4. The second-order valence-corrected chi connectivity index (χ2v) is 18.3. The molecule has 6 N–H and O–H groups in total. The van der Waals surface area contributed by atoms with Crippen molar-refractivity contribution in [3.05, 3.63) is 11.9 Å². The molecule has 1 unspecified atom stereocenters. The van der Waals surface area contributed by atoms with E-state index in [1.54, 1.807) is 6.20 Å². The number of hydrogen-bond acceptors (Lipinski definition) is 10. The molecule has 0 spiro atoms. The number of aliphatic hydroxyl groups excluding tert-OH is 6. The fraction of sp³-hybridized carbons (Fsp3) is 0.959. The molecule has 11 heteroatoms. The van der Waals surface area contributed by atoms with E-state index >= 15 is 0 Å². The topological polar surface area (TPSA) is 171 Å². The number of aryl methyl sites for hydroxylation is 1. The van der Waals surface area contributed by atoms with E-state index in [1.807, 2.05) is 0 Å². The molecule has 0 aliphatic carbocycles. The molecule has 1 aromatic heterocycles. The van der Waals surface area contributed by atoms with Gasteiger partial charge < -0.3 is 40.1 Å². The smallest absolute Gasteiger partial charge is 0.186 e. The lowest BCUT2D eigenvalue weighted by atomic mass is 9.98. The van der Waals surface area contributed by atoms with Crippen molar-refractivity contribution in [2.75, 3.05) is 13.2 Å². The lowest BCUT2D eigenvalue weighted by molar-refractivity contribution is -0.304. The highest BCUT2D eigenvalue weighted by molar-refractivity contribution is 4.96. The summed E-state index contributed by atoms with van der Waals surface area (Å²) >= 11 is 0. The second-order valence-electron chi connectivity index (χ2n) is 18.3. The molecule has 60 heavy (non-hydrogen) atoms. The van der Waals surface area contributed by atoms with Crippen molar-refractivity contribution in [2.24, 2.45) is 0 Å². The number of nitrogens with zero attached hydrogens (tertiary/aromatic N) is 3. The first kappa shape index (κ1) is 55.0. The highest BCUT2D eigenvalue weighted by atomic mass is 16.7. The normalized spacial score (nSPS) is 21.1. The predicted octanol–water partition coefficient (Wildman–Crippen LogP) is 10.2. The summed E-state index contributed by atoms with van der Waals surface area (Å²) in [6.45, 7) is 3.76. The molecule has 1 saturated heterocycles. The van der Waals surface area contributed by atoms with Gasteiger partial charge in [0.25, 0.3) is 0 Å². The van der Waals surface area contributed by atoms with Gasteiger partial charge in [-0.05, 0) is 19.3 Å². The van der Waals surface area contributed by atoms with Gasteiger partial charge in [0.2, 0.25) is 0 Å². The fourth-order valence-electron chi connectivity index (χ4n) is 8.68. The number of ether oxygens (including phenoxy) is 2. The summed E-state index contributed by atoms with van der Waals surface area (Å²) in [5.74, 6) is 0. The molecule has 2 rings (SSSR count). The van der Waals surface area contributed by atoms with Crippen LogP contribution in [0.2, 0.25) is 0 Å². The van der Waals surface area contributed by atoms with Crippen molar-refractivity contribution in [3.63, 3.8) is 0 Å². The maximum Gasteiger partial charge on any atom is 0.186 e. The van der Waals surface area contributed by atoms with Crippen LogP contribution >= 0.6 is 0 Å². The molecule has 8 atom stereocenters. The van der Waals surface area contributed by atoms with Crippen molar-refractivity contribution in [1.82, 2.24) is 15.0 Å². The van der Waals surface area contributed by atoms with Gasteiger partial charge in [-0.2, -0.15) is 0 Å². The Hall–Kier alpha value is -1.18. The fourth-order valence-corrected chi connectivity index (χ4v) is 8.68. The SMILES string of the molecule is CCCCCCCCCCCCCCCCCCCCCCCc1cn([C@@H](CO[C@H]2OC(CO)[C@H](O)[C@H](O)[C@H]2O)[C@H](O)[C@H](O)CCCCCCCCCCCCCC)nn1. The molecular weight excluding hydrogens is 759 g/mol.